The highest BCUT2D eigenvalue weighted by Crippen LogP contribution is 2.38. The van der Waals surface area contributed by atoms with Crippen LogP contribution in [-0.4, -0.2) is 53.5 Å². The Morgan fingerprint density at radius 1 is 1.09 bits per heavy atom. The third-order valence-corrected chi connectivity index (χ3v) is 5.51. The van der Waals surface area contributed by atoms with Crippen molar-refractivity contribution < 1.29 is 29.0 Å². The third kappa shape index (κ3) is 7.29. The van der Waals surface area contributed by atoms with E-state index in [9.17, 15) is 14.7 Å². The van der Waals surface area contributed by atoms with E-state index in [1.807, 2.05) is 78.8 Å². The Bertz CT molecular complexity index is 755. The molecule has 7 heteroatoms. The Balaban J connectivity index is 2.26. The second-order valence-corrected chi connectivity index (χ2v) is 10.7. The first-order valence-corrected chi connectivity index (χ1v) is 11.3. The van der Waals surface area contributed by atoms with Crippen molar-refractivity contribution in [2.24, 2.45) is 23.2 Å². The predicted molar refractivity (Wildman–Crippen MR) is 121 cm³/mol. The number of carbonyl (C=O) groups is 2. The molecule has 0 unspecified atom stereocenters. The molecule has 1 saturated heterocycles. The first kappa shape index (κ1) is 26.3. The number of nitrogens with zero attached hydrogens (tertiary/aromatic N) is 1. The van der Waals surface area contributed by atoms with E-state index in [1.165, 1.54) is 0 Å². The van der Waals surface area contributed by atoms with Crippen LogP contribution in [0.15, 0.2) is 30.3 Å². The van der Waals surface area contributed by atoms with Gasteiger partial charge in [-0.05, 0) is 32.3 Å². The molecule has 0 spiro atoms. The summed E-state index contributed by atoms with van der Waals surface area (Å²) in [7, 11) is 0. The van der Waals surface area contributed by atoms with Crippen LogP contribution in [0.1, 0.15) is 54.0 Å². The number of hydroxylamine groups is 2. The van der Waals surface area contributed by atoms with Crippen molar-refractivity contribution in [3.8, 4) is 0 Å². The summed E-state index contributed by atoms with van der Waals surface area (Å²) in [4.78, 5) is 32.3. The number of benzene rings is 1. The smallest absolute Gasteiger partial charge is 0.326 e. The molecule has 7 nitrogen and oxygen atoms in total. The maximum atomic E-state index is 13.2. The molecule has 1 aromatic carbocycles. The lowest BCUT2D eigenvalue weighted by Gasteiger charge is -2.31. The fraction of sp³-hybridized carbons (Fsp3) is 0.680. The molecular weight excluding hydrogens is 410 g/mol. The Hall–Kier alpha value is -1.96. The lowest BCUT2D eigenvalue weighted by atomic mass is 9.81. The number of hydrogen-bond acceptors (Lipinski definition) is 7. The molecule has 1 heterocycles. The van der Waals surface area contributed by atoms with Crippen LogP contribution in [0.2, 0.25) is 0 Å². The van der Waals surface area contributed by atoms with Gasteiger partial charge in [0.15, 0.2) is 0 Å². The van der Waals surface area contributed by atoms with Gasteiger partial charge in [-0.15, -0.1) is 0 Å². The first-order valence-electron chi connectivity index (χ1n) is 11.3. The summed E-state index contributed by atoms with van der Waals surface area (Å²) < 4.78 is 11.3. The van der Waals surface area contributed by atoms with Crippen molar-refractivity contribution in [1.82, 2.24) is 5.06 Å². The van der Waals surface area contributed by atoms with E-state index in [2.05, 4.69) is 0 Å². The van der Waals surface area contributed by atoms with Gasteiger partial charge in [0.1, 0.15) is 11.6 Å². The number of hydrogen-bond donors (Lipinski definition) is 1. The van der Waals surface area contributed by atoms with Crippen molar-refractivity contribution in [3.05, 3.63) is 35.9 Å². The lowest BCUT2D eigenvalue weighted by Crippen LogP contribution is -2.45. The highest BCUT2D eigenvalue weighted by Gasteiger charge is 2.52. The SMILES string of the molecule is CC(C)[C@@H]1[C@@H](C(=O)OCC(C)(C)CO)CN(OCc2ccccc2)[C@H]1C(=O)OC(C)(C)C. The molecule has 3 atom stereocenters. The van der Waals surface area contributed by atoms with Gasteiger partial charge < -0.3 is 14.6 Å². The zero-order valence-corrected chi connectivity index (χ0v) is 20.5. The van der Waals surface area contributed by atoms with Gasteiger partial charge in [-0.2, -0.15) is 5.06 Å². The summed E-state index contributed by atoms with van der Waals surface area (Å²) in [5.74, 6) is -1.65. The van der Waals surface area contributed by atoms with E-state index in [0.29, 0.717) is 0 Å². The fourth-order valence-corrected chi connectivity index (χ4v) is 3.82. The van der Waals surface area contributed by atoms with Crippen LogP contribution in [0.5, 0.6) is 0 Å². The summed E-state index contributed by atoms with van der Waals surface area (Å²) in [6, 6.07) is 8.95. The summed E-state index contributed by atoms with van der Waals surface area (Å²) in [5.41, 5.74) is -0.226. The minimum Gasteiger partial charge on any atom is -0.465 e. The summed E-state index contributed by atoms with van der Waals surface area (Å²) >= 11 is 0. The molecular formula is C25H39NO6. The normalized spacial score (nSPS) is 22.2. The number of ether oxygens (including phenoxy) is 2. The number of aliphatic hydroxyl groups is 1. The molecule has 0 saturated carbocycles. The second kappa shape index (κ2) is 10.8. The minimum atomic E-state index is -0.721. The van der Waals surface area contributed by atoms with Crippen molar-refractivity contribution >= 4 is 11.9 Å². The van der Waals surface area contributed by atoms with Crippen molar-refractivity contribution in [2.45, 2.75) is 66.7 Å². The zero-order chi connectivity index (χ0) is 24.1. The average Bonchev–Trinajstić information content (AvgIpc) is 3.10. The molecule has 1 aliphatic heterocycles. The summed E-state index contributed by atoms with van der Waals surface area (Å²) in [6.45, 7) is 13.6. The number of rotatable bonds is 9. The van der Waals surface area contributed by atoms with Crippen molar-refractivity contribution in [2.75, 3.05) is 19.8 Å². The highest BCUT2D eigenvalue weighted by atomic mass is 16.7. The Morgan fingerprint density at radius 3 is 2.25 bits per heavy atom. The highest BCUT2D eigenvalue weighted by molar-refractivity contribution is 5.81. The number of carbonyl (C=O) groups excluding carboxylic acids is 2. The van der Waals surface area contributed by atoms with Gasteiger partial charge in [-0.25, -0.2) is 0 Å². The van der Waals surface area contributed by atoms with Gasteiger partial charge >= 0.3 is 11.9 Å². The molecule has 1 fully saturated rings. The van der Waals surface area contributed by atoms with Crippen LogP contribution in [-0.2, 0) is 30.5 Å². The van der Waals surface area contributed by atoms with E-state index in [1.54, 1.807) is 5.06 Å². The van der Waals surface area contributed by atoms with Crippen molar-refractivity contribution in [1.29, 1.82) is 0 Å². The number of esters is 2. The maximum Gasteiger partial charge on any atom is 0.326 e. The molecule has 0 bridgehead atoms. The van der Waals surface area contributed by atoms with Crippen LogP contribution in [0.25, 0.3) is 0 Å². The third-order valence-electron chi connectivity index (χ3n) is 5.51. The molecule has 0 amide bonds. The molecule has 0 aliphatic carbocycles. The standard InChI is InChI=1S/C25H39NO6/c1-17(2)20-19(22(28)30-16-25(6,7)15-27)13-26(21(20)23(29)32-24(3,4)5)31-14-18-11-9-8-10-12-18/h8-12,17,19-21,27H,13-16H2,1-7H3/t19-,20+,21+/m0/s1. The van der Waals surface area contributed by atoms with Gasteiger partial charge in [0.05, 0.1) is 25.7 Å². The molecule has 180 valence electrons. The van der Waals surface area contributed by atoms with Gasteiger partial charge in [-0.1, -0.05) is 58.0 Å². The zero-order valence-electron chi connectivity index (χ0n) is 20.5. The molecule has 0 radical (unpaired) electrons. The Kier molecular flexibility index (Phi) is 8.85. The van der Waals surface area contributed by atoms with Crippen LogP contribution in [0, 0.1) is 23.2 Å². The van der Waals surface area contributed by atoms with Crippen LogP contribution in [0.4, 0.5) is 0 Å². The van der Waals surface area contributed by atoms with Gasteiger partial charge in [0, 0.05) is 17.9 Å². The van der Waals surface area contributed by atoms with Crippen LogP contribution >= 0.6 is 0 Å². The van der Waals surface area contributed by atoms with E-state index in [-0.39, 0.29) is 44.2 Å². The molecule has 2 rings (SSSR count). The van der Waals surface area contributed by atoms with Crippen LogP contribution < -0.4 is 0 Å². The van der Waals surface area contributed by atoms with E-state index < -0.39 is 28.9 Å². The Morgan fingerprint density at radius 2 is 1.72 bits per heavy atom. The van der Waals surface area contributed by atoms with Gasteiger partial charge in [0.2, 0.25) is 0 Å². The first-order chi connectivity index (χ1) is 14.8. The van der Waals surface area contributed by atoms with Crippen LogP contribution in [0.3, 0.4) is 0 Å². The second-order valence-electron chi connectivity index (χ2n) is 10.7. The van der Waals surface area contributed by atoms with E-state index >= 15 is 0 Å². The van der Waals surface area contributed by atoms with E-state index in [0.717, 1.165) is 5.56 Å². The molecule has 1 N–H and O–H groups in total. The molecule has 32 heavy (non-hydrogen) atoms. The molecule has 1 aromatic rings. The monoisotopic (exact) mass is 449 g/mol. The molecule has 1 aliphatic rings. The summed E-state index contributed by atoms with van der Waals surface area (Å²) in [5, 5.41) is 11.1. The largest absolute Gasteiger partial charge is 0.465 e. The van der Waals surface area contributed by atoms with E-state index in [4.69, 9.17) is 14.3 Å². The number of aliphatic hydroxyl groups excluding tert-OH is 1. The van der Waals surface area contributed by atoms with Gasteiger partial charge in [-0.3, -0.25) is 14.4 Å². The topological polar surface area (TPSA) is 85.3 Å². The average molecular weight is 450 g/mol. The van der Waals surface area contributed by atoms with Crippen molar-refractivity contribution in [3.63, 3.8) is 0 Å². The minimum absolute atomic E-state index is 0.0150. The predicted octanol–water partition coefficient (Wildman–Crippen LogP) is 3.59. The molecule has 0 aromatic heterocycles. The quantitative estimate of drug-likeness (QED) is 0.577. The lowest BCUT2D eigenvalue weighted by molar-refractivity contribution is -0.206. The summed E-state index contributed by atoms with van der Waals surface area (Å²) in [6.07, 6.45) is 0. The fourth-order valence-electron chi connectivity index (χ4n) is 3.82. The maximum absolute atomic E-state index is 13.2. The van der Waals surface area contributed by atoms with Gasteiger partial charge in [0.25, 0.3) is 0 Å². The Labute approximate surface area is 192 Å².